The van der Waals surface area contributed by atoms with Gasteiger partial charge in [0.25, 0.3) is 0 Å². The van der Waals surface area contributed by atoms with Crippen LogP contribution in [0.3, 0.4) is 0 Å². The average molecular weight is 502 g/mol. The van der Waals surface area contributed by atoms with Crippen LogP contribution >= 0.6 is 0 Å². The Balaban J connectivity index is 0.00000578. The fraction of sp³-hybridized carbons (Fsp3) is 0.375. The molecule has 11 heteroatoms. The van der Waals surface area contributed by atoms with Gasteiger partial charge in [-0.3, -0.25) is 9.59 Å². The third-order valence-electron chi connectivity index (χ3n) is 4.79. The monoisotopic (exact) mass is 502 g/mol. The first-order chi connectivity index (χ1) is 15.6. The van der Waals surface area contributed by atoms with E-state index in [1.54, 1.807) is 6.07 Å². The van der Waals surface area contributed by atoms with E-state index in [0.717, 1.165) is 6.07 Å². The summed E-state index contributed by atoms with van der Waals surface area (Å²) in [4.78, 5) is 33.9. The molecule has 0 radical (unpaired) electrons. The molecule has 0 spiro atoms. The van der Waals surface area contributed by atoms with Crippen molar-refractivity contribution in [3.8, 4) is 17.2 Å². The first-order valence-electron chi connectivity index (χ1n) is 10.5. The van der Waals surface area contributed by atoms with Crippen molar-refractivity contribution in [2.45, 2.75) is 45.6 Å². The number of carbonyl (C=O) groups excluding carboxylic acids is 3. The molecule has 0 saturated carbocycles. The van der Waals surface area contributed by atoms with E-state index in [-0.39, 0.29) is 83.1 Å². The van der Waals surface area contributed by atoms with Crippen molar-refractivity contribution in [2.24, 2.45) is 0 Å². The van der Waals surface area contributed by atoms with Crippen LogP contribution in [0.15, 0.2) is 30.3 Å². The predicted molar refractivity (Wildman–Crippen MR) is 118 cm³/mol. The topological polar surface area (TPSA) is 165 Å². The predicted octanol–water partition coefficient (Wildman–Crippen LogP) is -1.60. The van der Waals surface area contributed by atoms with Crippen molar-refractivity contribution < 1.29 is 78.6 Å². The van der Waals surface area contributed by atoms with Gasteiger partial charge in [-0.2, -0.15) is 0 Å². The molecule has 186 valence electrons. The summed E-state index contributed by atoms with van der Waals surface area (Å²) >= 11 is 0. The Kier molecular flexibility index (Phi) is 14.4. The van der Waals surface area contributed by atoms with Crippen molar-refractivity contribution >= 4 is 17.5 Å². The number of aromatic hydroxyl groups is 1. The van der Waals surface area contributed by atoms with Crippen molar-refractivity contribution in [3.63, 3.8) is 0 Å². The Morgan fingerprint density at radius 1 is 1.06 bits per heavy atom. The van der Waals surface area contributed by atoms with E-state index in [4.69, 9.17) is 9.47 Å². The van der Waals surface area contributed by atoms with E-state index in [9.17, 15) is 34.1 Å². The quantitative estimate of drug-likeness (QED) is 0.244. The van der Waals surface area contributed by atoms with E-state index < -0.39 is 30.1 Å². The van der Waals surface area contributed by atoms with Crippen LogP contribution in [0.5, 0.6) is 17.2 Å². The number of hydrogen-bond donors (Lipinski definition) is 2. The maximum absolute atomic E-state index is 14.2. The molecule has 0 aliphatic rings. The van der Waals surface area contributed by atoms with Crippen LogP contribution in [0.4, 0.5) is 4.39 Å². The van der Waals surface area contributed by atoms with Crippen LogP contribution in [-0.4, -0.2) is 52.5 Å². The van der Waals surface area contributed by atoms with Gasteiger partial charge in [-0.15, -0.1) is 0 Å². The SMILES string of the molecule is CCCc1c(OCC(O)COc2ccc(C(=O)CCC(=O)[O-])cc2F)ccc(C(C)=O)c1O.O.[Na+]. The van der Waals surface area contributed by atoms with Gasteiger partial charge in [0, 0.05) is 23.5 Å². The molecule has 0 aromatic heterocycles. The molecule has 0 aliphatic carbocycles. The number of aliphatic hydroxyl groups excluding tert-OH is 1. The molecular weight excluding hydrogens is 474 g/mol. The van der Waals surface area contributed by atoms with Gasteiger partial charge < -0.3 is 35.1 Å². The first-order valence-corrected chi connectivity index (χ1v) is 10.5. The molecule has 9 nitrogen and oxygen atoms in total. The number of rotatable bonds is 13. The number of carbonyl (C=O) groups is 3. The summed E-state index contributed by atoms with van der Waals surface area (Å²) in [5.74, 6) is -3.05. The van der Waals surface area contributed by atoms with E-state index in [0.29, 0.717) is 24.2 Å². The van der Waals surface area contributed by atoms with Crippen LogP contribution in [0.25, 0.3) is 0 Å². The summed E-state index contributed by atoms with van der Waals surface area (Å²) in [5.41, 5.74) is 0.650. The minimum absolute atomic E-state index is 0. The molecule has 35 heavy (non-hydrogen) atoms. The zero-order chi connectivity index (χ0) is 24.5. The number of hydrogen-bond acceptors (Lipinski definition) is 8. The number of Topliss-reactive ketones (excluding diaryl/α,β-unsaturated/α-hetero) is 2. The van der Waals surface area contributed by atoms with E-state index in [1.165, 1.54) is 25.1 Å². The maximum Gasteiger partial charge on any atom is 1.00 e. The number of phenols is 1. The minimum Gasteiger partial charge on any atom is -0.550 e. The number of carboxylic acid groups (broad SMARTS) is 1. The van der Waals surface area contributed by atoms with Crippen molar-refractivity contribution in [3.05, 3.63) is 52.8 Å². The number of phenolic OH excluding ortho intramolecular Hbond substituents is 1. The number of ether oxygens (including phenoxy) is 2. The number of aliphatic carboxylic acids is 1. The molecule has 2 aromatic carbocycles. The molecule has 1 unspecified atom stereocenters. The van der Waals surface area contributed by atoms with Crippen LogP contribution in [0, 0.1) is 5.82 Å². The maximum atomic E-state index is 14.2. The summed E-state index contributed by atoms with van der Waals surface area (Å²) in [7, 11) is 0. The standard InChI is InChI=1S/C24H27FO8.Na.H2O/c1-3-4-18-21(9-6-17(14(2)26)24(18)31)32-12-16(27)13-33-22-8-5-15(11-19(22)25)20(28)7-10-23(29)30;;/h5-6,8-9,11,16,27,31H,3-4,7,10,12-13H2,1-2H3,(H,29,30);;1H2/q;+1;/p-1. The van der Waals surface area contributed by atoms with E-state index >= 15 is 0 Å². The first kappa shape index (κ1) is 32.5. The Hall–Kier alpha value is -2.50. The van der Waals surface area contributed by atoms with Gasteiger partial charge in [0.2, 0.25) is 0 Å². The van der Waals surface area contributed by atoms with Crippen LogP contribution < -0.4 is 44.1 Å². The van der Waals surface area contributed by atoms with Crippen molar-refractivity contribution in [1.82, 2.24) is 0 Å². The second kappa shape index (κ2) is 15.5. The third kappa shape index (κ3) is 9.58. The summed E-state index contributed by atoms with van der Waals surface area (Å²) in [6.45, 7) is 2.73. The average Bonchev–Trinajstić information content (AvgIpc) is 2.76. The molecule has 4 N–H and O–H groups in total. The molecule has 0 heterocycles. The molecule has 0 fully saturated rings. The van der Waals surface area contributed by atoms with Crippen molar-refractivity contribution in [2.75, 3.05) is 13.2 Å². The van der Waals surface area contributed by atoms with Crippen molar-refractivity contribution in [1.29, 1.82) is 0 Å². The largest absolute Gasteiger partial charge is 1.00 e. The van der Waals surface area contributed by atoms with Crippen LogP contribution in [0.2, 0.25) is 0 Å². The fourth-order valence-electron chi connectivity index (χ4n) is 3.10. The molecule has 0 amide bonds. The third-order valence-corrected chi connectivity index (χ3v) is 4.79. The van der Waals surface area contributed by atoms with Crippen LogP contribution in [-0.2, 0) is 11.2 Å². The summed E-state index contributed by atoms with van der Waals surface area (Å²) in [5, 5.41) is 31.0. The molecule has 2 rings (SSSR count). The number of ketones is 2. The van der Waals surface area contributed by atoms with Crippen LogP contribution in [0.1, 0.15) is 59.4 Å². The Morgan fingerprint density at radius 3 is 2.20 bits per heavy atom. The number of aliphatic hydroxyl groups is 1. The summed E-state index contributed by atoms with van der Waals surface area (Å²) < 4.78 is 25.1. The zero-order valence-corrected chi connectivity index (χ0v) is 21.9. The normalized spacial score (nSPS) is 11.0. The van der Waals surface area contributed by atoms with Gasteiger partial charge in [0.1, 0.15) is 30.8 Å². The van der Waals surface area contributed by atoms with Gasteiger partial charge in [-0.25, -0.2) is 4.39 Å². The fourth-order valence-corrected chi connectivity index (χ4v) is 3.10. The second-order valence-electron chi connectivity index (χ2n) is 7.46. The Morgan fingerprint density at radius 2 is 1.66 bits per heavy atom. The molecule has 0 bridgehead atoms. The van der Waals surface area contributed by atoms with Gasteiger partial charge in [0.05, 0.1) is 5.56 Å². The number of carboxylic acids is 1. The summed E-state index contributed by atoms with van der Waals surface area (Å²) in [6.07, 6.45) is -0.741. The smallest absolute Gasteiger partial charge is 0.550 e. The van der Waals surface area contributed by atoms with Gasteiger partial charge in [-0.1, -0.05) is 13.3 Å². The molecule has 0 saturated heterocycles. The Bertz CT molecular complexity index is 1030. The van der Waals surface area contributed by atoms with Gasteiger partial charge in [0.15, 0.2) is 23.1 Å². The zero-order valence-electron chi connectivity index (χ0n) is 19.9. The molecule has 1 atom stereocenters. The second-order valence-corrected chi connectivity index (χ2v) is 7.46. The summed E-state index contributed by atoms with van der Waals surface area (Å²) in [6, 6.07) is 6.44. The van der Waals surface area contributed by atoms with Gasteiger partial charge >= 0.3 is 29.6 Å². The Labute approximate surface area is 224 Å². The number of halogens is 1. The number of benzene rings is 2. The van der Waals surface area contributed by atoms with E-state index in [2.05, 4.69) is 0 Å². The minimum atomic E-state index is -1.37. The van der Waals surface area contributed by atoms with E-state index in [1.807, 2.05) is 6.92 Å². The van der Waals surface area contributed by atoms with Gasteiger partial charge in [-0.05, 0) is 50.1 Å². The molecule has 2 aromatic rings. The molecule has 0 aliphatic heterocycles. The molecular formula is C24H28FNaO9.